The van der Waals surface area contributed by atoms with Crippen molar-refractivity contribution < 1.29 is 4.79 Å². The topological polar surface area (TPSA) is 32.3 Å². The van der Waals surface area contributed by atoms with Crippen LogP contribution in [0, 0.1) is 0 Å². The van der Waals surface area contributed by atoms with Gasteiger partial charge in [-0.05, 0) is 85.8 Å². The minimum atomic E-state index is -0.0389. The Morgan fingerprint density at radius 1 is 0.875 bits per heavy atom. The van der Waals surface area contributed by atoms with E-state index in [-0.39, 0.29) is 5.91 Å². The first kappa shape index (κ1) is 22.6. The van der Waals surface area contributed by atoms with Crippen molar-refractivity contribution in [1.29, 1.82) is 0 Å². The molecule has 0 aromatic heterocycles. The number of likely N-dealkylation sites (tertiary alicyclic amines) is 1. The normalized spacial score (nSPS) is 15.3. The number of piperidine rings is 1. The minimum absolute atomic E-state index is 0.0389. The minimum Gasteiger partial charge on any atom is -0.352 e. The Morgan fingerprint density at radius 3 is 2.09 bits per heavy atom. The van der Waals surface area contributed by atoms with Gasteiger partial charge >= 0.3 is 0 Å². The summed E-state index contributed by atoms with van der Waals surface area (Å²) in [5.74, 6) is -0.0389. The number of carbonyl (C=O) groups is 1. The predicted octanol–water partition coefficient (Wildman–Crippen LogP) is 6.53. The molecule has 1 atom stereocenters. The van der Waals surface area contributed by atoms with Gasteiger partial charge in [0.15, 0.2) is 0 Å². The van der Waals surface area contributed by atoms with Crippen LogP contribution in [0.25, 0.3) is 11.1 Å². The summed E-state index contributed by atoms with van der Waals surface area (Å²) >= 11 is 5.96. The smallest absolute Gasteiger partial charge is 0.251 e. The first-order chi connectivity index (χ1) is 15.6. The number of nitrogens with one attached hydrogen (secondary N) is 1. The standard InChI is InChI=1S/C28H31ClN2O/c1-21(31-19-3-2-4-20-31)23-7-5-22(6-8-23)17-18-30-28(32)26-11-9-24(10-12-26)25-13-15-27(29)16-14-25/h5-16,21H,2-4,17-20H2,1H3,(H,30,32). The molecule has 3 nitrogen and oxygen atoms in total. The Labute approximate surface area is 196 Å². The Morgan fingerprint density at radius 2 is 1.47 bits per heavy atom. The molecule has 1 heterocycles. The molecule has 0 aliphatic carbocycles. The summed E-state index contributed by atoms with van der Waals surface area (Å²) in [5.41, 5.74) is 5.45. The summed E-state index contributed by atoms with van der Waals surface area (Å²) in [6.45, 7) is 5.34. The third-order valence-corrected chi connectivity index (χ3v) is 6.68. The van der Waals surface area contributed by atoms with Gasteiger partial charge in [0.25, 0.3) is 5.91 Å². The quantitative estimate of drug-likeness (QED) is 0.447. The maximum absolute atomic E-state index is 12.5. The van der Waals surface area contributed by atoms with Gasteiger partial charge in [-0.1, -0.05) is 66.6 Å². The summed E-state index contributed by atoms with van der Waals surface area (Å²) in [7, 11) is 0. The molecular weight excluding hydrogens is 416 g/mol. The Kier molecular flexibility index (Phi) is 7.62. The molecule has 1 aliphatic heterocycles. The first-order valence-electron chi connectivity index (χ1n) is 11.6. The summed E-state index contributed by atoms with van der Waals surface area (Å²) in [5, 5.41) is 3.76. The van der Waals surface area contributed by atoms with E-state index < -0.39 is 0 Å². The molecule has 1 unspecified atom stereocenters. The molecule has 4 heteroatoms. The maximum atomic E-state index is 12.5. The van der Waals surface area contributed by atoms with E-state index in [1.807, 2.05) is 48.5 Å². The molecule has 1 fully saturated rings. The van der Waals surface area contributed by atoms with E-state index in [0.29, 0.717) is 18.2 Å². The fourth-order valence-corrected chi connectivity index (χ4v) is 4.48. The van der Waals surface area contributed by atoms with Crippen molar-refractivity contribution in [3.05, 3.63) is 94.5 Å². The monoisotopic (exact) mass is 446 g/mol. The maximum Gasteiger partial charge on any atom is 0.251 e. The second-order valence-corrected chi connectivity index (χ2v) is 9.04. The van der Waals surface area contributed by atoms with Crippen molar-refractivity contribution in [3.8, 4) is 11.1 Å². The number of carbonyl (C=O) groups excluding carboxylic acids is 1. The highest BCUT2D eigenvalue weighted by Crippen LogP contribution is 2.24. The highest BCUT2D eigenvalue weighted by molar-refractivity contribution is 6.30. The molecule has 0 saturated carbocycles. The number of nitrogens with zero attached hydrogens (tertiary/aromatic N) is 1. The lowest BCUT2D eigenvalue weighted by atomic mass is 10.0. The van der Waals surface area contributed by atoms with Gasteiger partial charge in [0.1, 0.15) is 0 Å². The average molecular weight is 447 g/mol. The van der Waals surface area contributed by atoms with Crippen LogP contribution in [-0.2, 0) is 6.42 Å². The molecule has 4 rings (SSSR count). The van der Waals surface area contributed by atoms with Crippen LogP contribution in [0.5, 0.6) is 0 Å². The number of hydrogen-bond acceptors (Lipinski definition) is 2. The van der Waals surface area contributed by atoms with E-state index in [2.05, 4.69) is 41.4 Å². The van der Waals surface area contributed by atoms with E-state index in [9.17, 15) is 4.79 Å². The Bertz CT molecular complexity index is 1010. The molecule has 1 saturated heterocycles. The largest absolute Gasteiger partial charge is 0.352 e. The van der Waals surface area contributed by atoms with Crippen LogP contribution in [-0.4, -0.2) is 30.4 Å². The predicted molar refractivity (Wildman–Crippen MR) is 133 cm³/mol. The molecule has 166 valence electrons. The van der Waals surface area contributed by atoms with Gasteiger partial charge < -0.3 is 5.32 Å². The van der Waals surface area contributed by atoms with Gasteiger partial charge in [-0.25, -0.2) is 0 Å². The van der Waals surface area contributed by atoms with E-state index in [1.54, 1.807) is 0 Å². The first-order valence-corrected chi connectivity index (χ1v) is 11.9. The van der Waals surface area contributed by atoms with Gasteiger partial charge in [0.05, 0.1) is 0 Å². The van der Waals surface area contributed by atoms with Crippen molar-refractivity contribution in [3.63, 3.8) is 0 Å². The van der Waals surface area contributed by atoms with Gasteiger partial charge in [-0.2, -0.15) is 0 Å². The summed E-state index contributed by atoms with van der Waals surface area (Å²) in [4.78, 5) is 15.1. The number of halogens is 1. The van der Waals surface area contributed by atoms with E-state index in [0.717, 1.165) is 22.6 Å². The number of amides is 1. The van der Waals surface area contributed by atoms with Crippen LogP contribution in [0.3, 0.4) is 0 Å². The molecule has 1 aliphatic rings. The average Bonchev–Trinajstić information content (AvgIpc) is 2.85. The van der Waals surface area contributed by atoms with Gasteiger partial charge in [0.2, 0.25) is 0 Å². The zero-order valence-corrected chi connectivity index (χ0v) is 19.4. The SMILES string of the molecule is CC(c1ccc(CCNC(=O)c2ccc(-c3ccc(Cl)cc3)cc2)cc1)N1CCCCC1. The fraction of sp³-hybridized carbons (Fsp3) is 0.321. The van der Waals surface area contributed by atoms with Crippen molar-refractivity contribution in [2.24, 2.45) is 0 Å². The lowest BCUT2D eigenvalue weighted by molar-refractivity contribution is 0.0954. The molecule has 0 spiro atoms. The highest BCUT2D eigenvalue weighted by Gasteiger charge is 2.17. The molecule has 1 amide bonds. The van der Waals surface area contributed by atoms with Crippen LogP contribution >= 0.6 is 11.6 Å². The molecule has 3 aromatic rings. The van der Waals surface area contributed by atoms with Gasteiger partial charge in [-0.3, -0.25) is 9.69 Å². The van der Waals surface area contributed by atoms with Crippen molar-refractivity contribution in [2.75, 3.05) is 19.6 Å². The van der Waals surface area contributed by atoms with E-state index in [4.69, 9.17) is 11.6 Å². The summed E-state index contributed by atoms with van der Waals surface area (Å²) < 4.78 is 0. The van der Waals surface area contributed by atoms with Crippen LogP contribution in [0.1, 0.15) is 53.7 Å². The Hall–Kier alpha value is -2.62. The number of hydrogen-bond donors (Lipinski definition) is 1. The van der Waals surface area contributed by atoms with Crippen molar-refractivity contribution >= 4 is 17.5 Å². The molecule has 0 radical (unpaired) electrons. The zero-order valence-electron chi connectivity index (χ0n) is 18.7. The zero-order chi connectivity index (χ0) is 22.3. The van der Waals surface area contributed by atoms with Crippen molar-refractivity contribution in [2.45, 2.75) is 38.6 Å². The van der Waals surface area contributed by atoms with Gasteiger partial charge in [-0.15, -0.1) is 0 Å². The van der Waals surface area contributed by atoms with Crippen LogP contribution in [0.2, 0.25) is 5.02 Å². The second-order valence-electron chi connectivity index (χ2n) is 8.60. The van der Waals surface area contributed by atoms with E-state index >= 15 is 0 Å². The highest BCUT2D eigenvalue weighted by atomic mass is 35.5. The Balaban J connectivity index is 1.26. The van der Waals surface area contributed by atoms with Gasteiger partial charge in [0, 0.05) is 23.2 Å². The van der Waals surface area contributed by atoms with Crippen LogP contribution < -0.4 is 5.32 Å². The number of benzene rings is 3. The fourth-order valence-electron chi connectivity index (χ4n) is 4.36. The molecule has 0 bridgehead atoms. The third kappa shape index (κ3) is 5.79. The van der Waals surface area contributed by atoms with Crippen LogP contribution in [0.15, 0.2) is 72.8 Å². The molecule has 3 aromatic carbocycles. The lowest BCUT2D eigenvalue weighted by Gasteiger charge is -2.32. The lowest BCUT2D eigenvalue weighted by Crippen LogP contribution is -2.32. The second kappa shape index (κ2) is 10.8. The van der Waals surface area contributed by atoms with Crippen molar-refractivity contribution in [1.82, 2.24) is 10.2 Å². The molecule has 32 heavy (non-hydrogen) atoms. The summed E-state index contributed by atoms with van der Waals surface area (Å²) in [6, 6.07) is 24.7. The molecular formula is C28H31ClN2O. The third-order valence-electron chi connectivity index (χ3n) is 6.42. The number of rotatable bonds is 7. The van der Waals surface area contributed by atoms with E-state index in [1.165, 1.54) is 43.5 Å². The summed E-state index contributed by atoms with van der Waals surface area (Å²) in [6.07, 6.45) is 4.81. The van der Waals surface area contributed by atoms with Crippen LogP contribution in [0.4, 0.5) is 0 Å². The molecule has 1 N–H and O–H groups in total.